The monoisotopic (exact) mass is 269 g/mol. The molecule has 1 saturated carbocycles. The summed E-state index contributed by atoms with van der Waals surface area (Å²) in [5.41, 5.74) is 0. The summed E-state index contributed by atoms with van der Waals surface area (Å²) in [5.74, 6) is -0.857. The maximum Gasteiger partial charge on any atom is 0.320 e. The molecule has 0 spiro atoms. The molecule has 2 aliphatic rings. The summed E-state index contributed by atoms with van der Waals surface area (Å²) < 4.78 is 0. The van der Waals surface area contributed by atoms with Gasteiger partial charge >= 0.3 is 12.0 Å². The summed E-state index contributed by atoms with van der Waals surface area (Å²) in [6, 6.07) is 0.741. The van der Waals surface area contributed by atoms with Crippen molar-refractivity contribution in [2.75, 3.05) is 39.3 Å². The molecule has 1 saturated heterocycles. The van der Waals surface area contributed by atoms with Crippen LogP contribution in [0.25, 0.3) is 0 Å². The average Bonchev–Trinajstić information content (AvgIpc) is 3.23. The number of hydrogen-bond donors (Lipinski definition) is 1. The lowest BCUT2D eigenvalue weighted by molar-refractivity contribution is -0.137. The van der Waals surface area contributed by atoms with Crippen molar-refractivity contribution in [2.45, 2.75) is 32.2 Å². The van der Waals surface area contributed by atoms with Crippen LogP contribution in [0.15, 0.2) is 0 Å². The molecule has 0 bridgehead atoms. The van der Waals surface area contributed by atoms with Crippen LogP contribution in [0, 0.1) is 0 Å². The van der Waals surface area contributed by atoms with Crippen molar-refractivity contribution in [1.29, 1.82) is 0 Å². The van der Waals surface area contributed by atoms with E-state index in [-0.39, 0.29) is 12.5 Å². The van der Waals surface area contributed by atoms with Gasteiger partial charge in [0.15, 0.2) is 0 Å². The van der Waals surface area contributed by atoms with E-state index in [9.17, 15) is 9.59 Å². The Balaban J connectivity index is 1.79. The van der Waals surface area contributed by atoms with Gasteiger partial charge in [0.1, 0.15) is 0 Å². The number of urea groups is 1. The van der Waals surface area contributed by atoms with Crippen molar-refractivity contribution >= 4 is 12.0 Å². The van der Waals surface area contributed by atoms with E-state index in [0.29, 0.717) is 13.1 Å². The molecule has 2 rings (SSSR count). The minimum atomic E-state index is -0.857. The molecule has 0 aromatic heterocycles. The van der Waals surface area contributed by atoms with E-state index in [1.807, 2.05) is 11.8 Å². The van der Waals surface area contributed by atoms with Crippen LogP contribution in [-0.2, 0) is 4.79 Å². The van der Waals surface area contributed by atoms with Crippen LogP contribution in [0.3, 0.4) is 0 Å². The second-order valence-corrected chi connectivity index (χ2v) is 5.26. The molecule has 1 heterocycles. The highest BCUT2D eigenvalue weighted by molar-refractivity contribution is 5.75. The van der Waals surface area contributed by atoms with Gasteiger partial charge in [-0.05, 0) is 19.8 Å². The Bertz CT molecular complexity index is 336. The zero-order valence-corrected chi connectivity index (χ0v) is 11.5. The zero-order valence-electron chi connectivity index (χ0n) is 11.5. The number of carbonyl (C=O) groups is 2. The fourth-order valence-electron chi connectivity index (χ4n) is 2.54. The standard InChI is InChI=1S/C13H23N3O3/c1-2-14(6-5-12(17)18)13(19)16-9-7-15(8-10-16)11-3-4-11/h11H,2-10H2,1H3,(H,17,18). The van der Waals surface area contributed by atoms with Crippen LogP contribution in [0.1, 0.15) is 26.2 Å². The topological polar surface area (TPSA) is 64.1 Å². The first-order valence-electron chi connectivity index (χ1n) is 7.11. The molecule has 0 aromatic carbocycles. The van der Waals surface area contributed by atoms with E-state index in [1.54, 1.807) is 4.90 Å². The fraction of sp³-hybridized carbons (Fsp3) is 0.846. The van der Waals surface area contributed by atoms with Gasteiger partial charge in [-0.15, -0.1) is 0 Å². The van der Waals surface area contributed by atoms with Gasteiger partial charge in [-0.1, -0.05) is 0 Å². The molecular formula is C13H23N3O3. The number of hydrogen-bond acceptors (Lipinski definition) is 3. The van der Waals surface area contributed by atoms with Gasteiger partial charge in [-0.25, -0.2) is 4.79 Å². The van der Waals surface area contributed by atoms with Crippen LogP contribution >= 0.6 is 0 Å². The van der Waals surface area contributed by atoms with Crippen molar-refractivity contribution in [3.8, 4) is 0 Å². The molecule has 6 nitrogen and oxygen atoms in total. The van der Waals surface area contributed by atoms with E-state index in [0.717, 1.165) is 32.2 Å². The molecule has 1 aliphatic carbocycles. The first-order chi connectivity index (χ1) is 9.11. The largest absolute Gasteiger partial charge is 0.481 e. The predicted molar refractivity (Wildman–Crippen MR) is 71.1 cm³/mol. The first kappa shape index (κ1) is 14.1. The lowest BCUT2D eigenvalue weighted by atomic mass is 10.3. The second kappa shape index (κ2) is 6.23. The number of nitrogens with zero attached hydrogens (tertiary/aromatic N) is 3. The molecule has 0 aromatic rings. The third kappa shape index (κ3) is 3.83. The number of carboxylic acids is 1. The zero-order chi connectivity index (χ0) is 13.8. The first-order valence-corrected chi connectivity index (χ1v) is 7.11. The lowest BCUT2D eigenvalue weighted by Gasteiger charge is -2.37. The van der Waals surface area contributed by atoms with Crippen molar-refractivity contribution in [3.63, 3.8) is 0 Å². The number of piperazine rings is 1. The van der Waals surface area contributed by atoms with Gasteiger partial charge in [-0.2, -0.15) is 0 Å². The number of carboxylic acid groups (broad SMARTS) is 1. The minimum absolute atomic E-state index is 0.0146. The molecule has 19 heavy (non-hydrogen) atoms. The molecule has 108 valence electrons. The summed E-state index contributed by atoms with van der Waals surface area (Å²) in [6.07, 6.45) is 2.61. The molecule has 6 heteroatoms. The molecule has 1 aliphatic heterocycles. The van der Waals surface area contributed by atoms with Gasteiger partial charge in [0.25, 0.3) is 0 Å². The van der Waals surface area contributed by atoms with Crippen molar-refractivity contribution in [1.82, 2.24) is 14.7 Å². The fourth-order valence-corrected chi connectivity index (χ4v) is 2.54. The Morgan fingerprint density at radius 3 is 2.32 bits per heavy atom. The Kier molecular flexibility index (Phi) is 4.63. The summed E-state index contributed by atoms with van der Waals surface area (Å²) in [5, 5.41) is 8.69. The molecule has 2 amide bonds. The van der Waals surface area contributed by atoms with Crippen molar-refractivity contribution < 1.29 is 14.7 Å². The van der Waals surface area contributed by atoms with Gasteiger partial charge in [0, 0.05) is 45.3 Å². The number of aliphatic carboxylic acids is 1. The maximum atomic E-state index is 12.3. The van der Waals surface area contributed by atoms with Crippen LogP contribution in [-0.4, -0.2) is 77.1 Å². The Morgan fingerprint density at radius 2 is 1.84 bits per heavy atom. The van der Waals surface area contributed by atoms with Crippen LogP contribution in [0.5, 0.6) is 0 Å². The summed E-state index contributed by atoms with van der Waals surface area (Å²) in [7, 11) is 0. The third-order valence-corrected chi connectivity index (χ3v) is 3.90. The molecule has 0 atom stereocenters. The summed E-state index contributed by atoms with van der Waals surface area (Å²) in [4.78, 5) is 28.8. The van der Waals surface area contributed by atoms with E-state index in [4.69, 9.17) is 5.11 Å². The highest BCUT2D eigenvalue weighted by Gasteiger charge is 2.33. The van der Waals surface area contributed by atoms with E-state index in [2.05, 4.69) is 4.90 Å². The number of carbonyl (C=O) groups excluding carboxylic acids is 1. The quantitative estimate of drug-likeness (QED) is 0.797. The van der Waals surface area contributed by atoms with Crippen molar-refractivity contribution in [3.05, 3.63) is 0 Å². The molecule has 0 radical (unpaired) electrons. The van der Waals surface area contributed by atoms with Gasteiger partial charge in [0.2, 0.25) is 0 Å². The number of amides is 2. The third-order valence-electron chi connectivity index (χ3n) is 3.90. The summed E-state index contributed by atoms with van der Waals surface area (Å²) >= 11 is 0. The predicted octanol–water partition coefficient (Wildman–Crippen LogP) is 0.683. The molecule has 0 unspecified atom stereocenters. The van der Waals surface area contributed by atoms with E-state index in [1.165, 1.54) is 12.8 Å². The van der Waals surface area contributed by atoms with Gasteiger partial charge < -0.3 is 14.9 Å². The van der Waals surface area contributed by atoms with Gasteiger partial charge in [0.05, 0.1) is 6.42 Å². The minimum Gasteiger partial charge on any atom is -0.481 e. The highest BCUT2D eigenvalue weighted by atomic mass is 16.4. The summed E-state index contributed by atoms with van der Waals surface area (Å²) in [6.45, 7) is 6.18. The lowest BCUT2D eigenvalue weighted by Crippen LogP contribution is -2.53. The van der Waals surface area contributed by atoms with Gasteiger partial charge in [-0.3, -0.25) is 9.69 Å². The average molecular weight is 269 g/mol. The normalized spacial score (nSPS) is 20.4. The Morgan fingerprint density at radius 1 is 1.21 bits per heavy atom. The second-order valence-electron chi connectivity index (χ2n) is 5.26. The van der Waals surface area contributed by atoms with Crippen LogP contribution < -0.4 is 0 Å². The van der Waals surface area contributed by atoms with Crippen LogP contribution in [0.2, 0.25) is 0 Å². The Hall–Kier alpha value is -1.30. The Labute approximate surface area is 114 Å². The highest BCUT2D eigenvalue weighted by Crippen LogP contribution is 2.27. The molecule has 1 N–H and O–H groups in total. The maximum absolute atomic E-state index is 12.3. The molecular weight excluding hydrogens is 246 g/mol. The van der Waals surface area contributed by atoms with E-state index >= 15 is 0 Å². The van der Waals surface area contributed by atoms with E-state index < -0.39 is 5.97 Å². The molecule has 2 fully saturated rings. The number of rotatable bonds is 5. The SMILES string of the molecule is CCN(CCC(=O)O)C(=O)N1CCN(C2CC2)CC1. The van der Waals surface area contributed by atoms with Crippen molar-refractivity contribution in [2.24, 2.45) is 0 Å². The van der Waals surface area contributed by atoms with Crippen LogP contribution in [0.4, 0.5) is 4.79 Å². The smallest absolute Gasteiger partial charge is 0.320 e.